The van der Waals surface area contributed by atoms with Crippen molar-refractivity contribution in [1.29, 1.82) is 0 Å². The molecular weight excluding hydrogens is 208 g/mol. The minimum atomic E-state index is 0.602. The second-order valence-electron chi connectivity index (χ2n) is 4.70. The third-order valence-corrected chi connectivity index (χ3v) is 3.50. The highest BCUT2D eigenvalue weighted by Gasteiger charge is 2.09. The molecule has 2 nitrogen and oxygen atoms in total. The van der Waals surface area contributed by atoms with Gasteiger partial charge in [-0.05, 0) is 62.6 Å². The molecule has 2 N–H and O–H groups in total. The van der Waals surface area contributed by atoms with Crippen molar-refractivity contribution in [3.63, 3.8) is 0 Å². The van der Waals surface area contributed by atoms with Crippen LogP contribution in [0.3, 0.4) is 0 Å². The zero-order chi connectivity index (χ0) is 12.6. The molecule has 2 heteroatoms. The minimum absolute atomic E-state index is 0.602. The van der Waals surface area contributed by atoms with Crippen molar-refractivity contribution < 1.29 is 0 Å². The van der Waals surface area contributed by atoms with E-state index in [2.05, 4.69) is 56.5 Å². The van der Waals surface area contributed by atoms with Gasteiger partial charge in [-0.1, -0.05) is 6.07 Å². The van der Waals surface area contributed by atoms with E-state index in [1.165, 1.54) is 33.8 Å². The molecule has 2 rings (SSSR count). The maximum absolute atomic E-state index is 5.75. The van der Waals surface area contributed by atoms with E-state index in [4.69, 9.17) is 5.73 Å². The number of nitrogens with two attached hydrogens (primary N) is 1. The number of benzene rings is 1. The highest BCUT2D eigenvalue weighted by molar-refractivity contribution is 5.44. The number of nitrogens with zero attached hydrogens (tertiary/aromatic N) is 1. The van der Waals surface area contributed by atoms with Crippen LogP contribution < -0.4 is 5.73 Å². The standard InChI is InChI=1S/C15H20N2/c1-10-5-6-15(7-11(10)2)17-12(3)8-14(9-16)13(17)4/h5-8H,9,16H2,1-4H3. The first kappa shape index (κ1) is 11.9. The molecule has 0 fully saturated rings. The fourth-order valence-electron chi connectivity index (χ4n) is 2.30. The monoisotopic (exact) mass is 228 g/mol. The van der Waals surface area contributed by atoms with Gasteiger partial charge in [-0.15, -0.1) is 0 Å². The van der Waals surface area contributed by atoms with Gasteiger partial charge in [-0.2, -0.15) is 0 Å². The van der Waals surface area contributed by atoms with E-state index in [-0.39, 0.29) is 0 Å². The number of hydrogen-bond donors (Lipinski definition) is 1. The summed E-state index contributed by atoms with van der Waals surface area (Å²) >= 11 is 0. The lowest BCUT2D eigenvalue weighted by Gasteiger charge is -2.12. The fourth-order valence-corrected chi connectivity index (χ4v) is 2.30. The molecule has 0 unspecified atom stereocenters. The molecule has 0 saturated heterocycles. The van der Waals surface area contributed by atoms with Crippen LogP contribution in [0.4, 0.5) is 0 Å². The Labute approximate surface area is 103 Å². The molecule has 0 atom stereocenters. The molecule has 1 aromatic heterocycles. The van der Waals surface area contributed by atoms with E-state index < -0.39 is 0 Å². The quantitative estimate of drug-likeness (QED) is 0.841. The number of aryl methyl sites for hydroxylation is 3. The van der Waals surface area contributed by atoms with E-state index in [0.717, 1.165) is 0 Å². The molecule has 0 bridgehead atoms. The molecule has 0 saturated carbocycles. The Morgan fingerprint density at radius 1 is 1.00 bits per heavy atom. The molecule has 2 aromatic rings. The predicted octanol–water partition coefficient (Wildman–Crippen LogP) is 3.17. The van der Waals surface area contributed by atoms with Gasteiger partial charge in [0.1, 0.15) is 0 Å². The van der Waals surface area contributed by atoms with E-state index >= 15 is 0 Å². The molecule has 0 amide bonds. The van der Waals surface area contributed by atoms with Gasteiger partial charge in [0.05, 0.1) is 0 Å². The van der Waals surface area contributed by atoms with Crippen molar-refractivity contribution in [3.05, 3.63) is 52.3 Å². The van der Waals surface area contributed by atoms with Crippen LogP contribution in [0.2, 0.25) is 0 Å². The first-order chi connectivity index (χ1) is 8.04. The van der Waals surface area contributed by atoms with Crippen LogP contribution in [0.15, 0.2) is 24.3 Å². The molecule has 90 valence electrons. The number of rotatable bonds is 2. The van der Waals surface area contributed by atoms with Gasteiger partial charge >= 0.3 is 0 Å². The van der Waals surface area contributed by atoms with Gasteiger partial charge in [-0.3, -0.25) is 0 Å². The Hall–Kier alpha value is -1.54. The highest BCUT2D eigenvalue weighted by Crippen LogP contribution is 2.22. The predicted molar refractivity (Wildman–Crippen MR) is 72.6 cm³/mol. The Morgan fingerprint density at radius 2 is 1.71 bits per heavy atom. The summed E-state index contributed by atoms with van der Waals surface area (Å²) < 4.78 is 2.27. The summed E-state index contributed by atoms with van der Waals surface area (Å²) in [7, 11) is 0. The zero-order valence-electron chi connectivity index (χ0n) is 11.0. The average Bonchev–Trinajstić information content (AvgIpc) is 2.58. The van der Waals surface area contributed by atoms with Crippen LogP contribution in [-0.4, -0.2) is 4.57 Å². The van der Waals surface area contributed by atoms with Crippen molar-refractivity contribution in [2.24, 2.45) is 5.73 Å². The molecule has 0 radical (unpaired) electrons. The Balaban J connectivity index is 2.60. The first-order valence-electron chi connectivity index (χ1n) is 6.00. The van der Waals surface area contributed by atoms with E-state index in [1.807, 2.05) is 0 Å². The van der Waals surface area contributed by atoms with Crippen molar-refractivity contribution in [2.45, 2.75) is 34.2 Å². The summed E-state index contributed by atoms with van der Waals surface area (Å²) in [6.07, 6.45) is 0. The molecule has 0 aliphatic carbocycles. The van der Waals surface area contributed by atoms with E-state index in [1.54, 1.807) is 0 Å². The molecule has 17 heavy (non-hydrogen) atoms. The van der Waals surface area contributed by atoms with Crippen LogP contribution in [0.1, 0.15) is 28.1 Å². The average molecular weight is 228 g/mol. The van der Waals surface area contributed by atoms with Crippen LogP contribution in [0, 0.1) is 27.7 Å². The topological polar surface area (TPSA) is 30.9 Å². The molecule has 1 heterocycles. The summed E-state index contributed by atoms with van der Waals surface area (Å²) in [5, 5.41) is 0. The van der Waals surface area contributed by atoms with Crippen LogP contribution in [0.25, 0.3) is 5.69 Å². The zero-order valence-corrected chi connectivity index (χ0v) is 11.0. The summed E-state index contributed by atoms with van der Waals surface area (Å²) in [6, 6.07) is 8.74. The van der Waals surface area contributed by atoms with E-state index in [9.17, 15) is 0 Å². The van der Waals surface area contributed by atoms with Gasteiger partial charge < -0.3 is 10.3 Å². The van der Waals surface area contributed by atoms with Crippen LogP contribution >= 0.6 is 0 Å². The SMILES string of the molecule is Cc1ccc(-n2c(C)cc(CN)c2C)cc1C. The summed E-state index contributed by atoms with van der Waals surface area (Å²) in [6.45, 7) is 9.15. The lowest BCUT2D eigenvalue weighted by molar-refractivity contribution is 0.940. The fraction of sp³-hybridized carbons (Fsp3) is 0.333. The molecule has 1 aromatic carbocycles. The van der Waals surface area contributed by atoms with Crippen LogP contribution in [-0.2, 0) is 6.54 Å². The summed E-state index contributed by atoms with van der Waals surface area (Å²) in [4.78, 5) is 0. The molecule has 0 aliphatic heterocycles. The summed E-state index contributed by atoms with van der Waals surface area (Å²) in [5.74, 6) is 0. The first-order valence-corrected chi connectivity index (χ1v) is 6.00. The highest BCUT2D eigenvalue weighted by atomic mass is 15.0. The minimum Gasteiger partial charge on any atom is -0.326 e. The Morgan fingerprint density at radius 3 is 2.24 bits per heavy atom. The molecule has 0 spiro atoms. The maximum Gasteiger partial charge on any atom is 0.0457 e. The van der Waals surface area contributed by atoms with Crippen LogP contribution in [0.5, 0.6) is 0 Å². The lowest BCUT2D eigenvalue weighted by Crippen LogP contribution is -2.02. The lowest BCUT2D eigenvalue weighted by atomic mass is 10.1. The third kappa shape index (κ3) is 2.01. The largest absolute Gasteiger partial charge is 0.326 e. The molecular formula is C15H20N2. The van der Waals surface area contributed by atoms with Gasteiger partial charge in [-0.25, -0.2) is 0 Å². The Bertz CT molecular complexity index is 550. The smallest absolute Gasteiger partial charge is 0.0457 e. The third-order valence-electron chi connectivity index (χ3n) is 3.50. The van der Waals surface area contributed by atoms with Gasteiger partial charge in [0.15, 0.2) is 0 Å². The van der Waals surface area contributed by atoms with Gasteiger partial charge in [0.25, 0.3) is 0 Å². The molecule has 0 aliphatic rings. The van der Waals surface area contributed by atoms with Crippen molar-refractivity contribution in [3.8, 4) is 5.69 Å². The van der Waals surface area contributed by atoms with Crippen molar-refractivity contribution in [2.75, 3.05) is 0 Å². The van der Waals surface area contributed by atoms with Gasteiger partial charge in [0, 0.05) is 23.6 Å². The number of hydrogen-bond acceptors (Lipinski definition) is 1. The normalized spacial score (nSPS) is 10.9. The summed E-state index contributed by atoms with van der Waals surface area (Å²) in [5.41, 5.74) is 13.3. The van der Waals surface area contributed by atoms with Crippen molar-refractivity contribution in [1.82, 2.24) is 4.57 Å². The van der Waals surface area contributed by atoms with Gasteiger partial charge in [0.2, 0.25) is 0 Å². The van der Waals surface area contributed by atoms with Crippen molar-refractivity contribution >= 4 is 0 Å². The van der Waals surface area contributed by atoms with E-state index in [0.29, 0.717) is 6.54 Å². The second kappa shape index (κ2) is 4.38. The number of aromatic nitrogens is 1. The second-order valence-corrected chi connectivity index (χ2v) is 4.70. The Kier molecular flexibility index (Phi) is 3.07. The maximum atomic E-state index is 5.75.